The van der Waals surface area contributed by atoms with Crippen LogP contribution in [0.15, 0.2) is 6.20 Å². The molecular weight excluding hydrogens is 260 g/mol. The van der Waals surface area contributed by atoms with Gasteiger partial charge in [-0.1, -0.05) is 19.3 Å². The average molecular weight is 288 g/mol. The smallest absolute Gasteiger partial charge is 0.206 e. The van der Waals surface area contributed by atoms with Crippen LogP contribution in [-0.2, 0) is 0 Å². The molecule has 0 radical (unpaired) electrons. The van der Waals surface area contributed by atoms with Crippen LogP contribution < -0.4 is 10.2 Å². The predicted octanol–water partition coefficient (Wildman–Crippen LogP) is 2.88. The van der Waals surface area contributed by atoms with E-state index >= 15 is 0 Å². The molecule has 2 atom stereocenters. The number of fused-ring (bicyclic) bond motifs is 1. The first-order valence-electron chi connectivity index (χ1n) is 8.85. The Morgan fingerprint density at radius 2 is 1.95 bits per heavy atom. The van der Waals surface area contributed by atoms with Crippen molar-refractivity contribution in [1.82, 2.24) is 14.9 Å². The summed E-state index contributed by atoms with van der Waals surface area (Å²) >= 11 is 0. The van der Waals surface area contributed by atoms with Gasteiger partial charge in [-0.3, -0.25) is 0 Å². The number of aryl methyl sites for hydroxylation is 1. The molecule has 0 amide bonds. The van der Waals surface area contributed by atoms with Gasteiger partial charge in [-0.25, -0.2) is 4.98 Å². The summed E-state index contributed by atoms with van der Waals surface area (Å²) in [6.45, 7) is 5.68. The van der Waals surface area contributed by atoms with E-state index in [1.807, 2.05) is 0 Å². The van der Waals surface area contributed by atoms with Crippen molar-refractivity contribution in [1.29, 1.82) is 0 Å². The highest BCUT2D eigenvalue weighted by atomic mass is 15.3. The average Bonchev–Trinajstić information content (AvgIpc) is 3.11. The van der Waals surface area contributed by atoms with E-state index in [0.717, 1.165) is 12.5 Å². The molecule has 2 unspecified atom stereocenters. The van der Waals surface area contributed by atoms with Gasteiger partial charge < -0.3 is 14.8 Å². The molecule has 3 fully saturated rings. The van der Waals surface area contributed by atoms with Gasteiger partial charge in [0.2, 0.25) is 5.95 Å². The van der Waals surface area contributed by atoms with E-state index in [9.17, 15) is 0 Å². The highest BCUT2D eigenvalue weighted by Crippen LogP contribution is 2.34. The van der Waals surface area contributed by atoms with Crippen LogP contribution in [-0.4, -0.2) is 35.2 Å². The Labute approximate surface area is 127 Å². The van der Waals surface area contributed by atoms with Gasteiger partial charge in [0.25, 0.3) is 0 Å². The highest BCUT2D eigenvalue weighted by Gasteiger charge is 2.36. The number of nitrogens with one attached hydrogen (secondary N) is 1. The van der Waals surface area contributed by atoms with E-state index in [-0.39, 0.29) is 0 Å². The van der Waals surface area contributed by atoms with Gasteiger partial charge in [0.1, 0.15) is 0 Å². The molecule has 4 nitrogen and oxygen atoms in total. The number of nitrogens with zero attached hydrogens (tertiary/aromatic N) is 3. The standard InChI is InChI=1S/C17H28N4/c1-13-10-21(15-7-3-2-4-8-15)17(19-13)20-11-14-6-5-9-18-16(14)12-20/h10,14-16,18H,2-9,11-12H2,1H3. The maximum Gasteiger partial charge on any atom is 0.206 e. The van der Waals surface area contributed by atoms with Crippen molar-refractivity contribution in [3.05, 3.63) is 11.9 Å². The van der Waals surface area contributed by atoms with E-state index in [1.165, 1.54) is 69.7 Å². The number of rotatable bonds is 2. The number of hydrogen-bond acceptors (Lipinski definition) is 3. The van der Waals surface area contributed by atoms with Gasteiger partial charge in [0.15, 0.2) is 0 Å². The first-order chi connectivity index (χ1) is 10.3. The molecule has 0 spiro atoms. The minimum atomic E-state index is 0.686. The molecule has 4 heteroatoms. The fourth-order valence-corrected chi connectivity index (χ4v) is 4.58. The van der Waals surface area contributed by atoms with Crippen molar-refractivity contribution in [2.45, 2.75) is 64.0 Å². The lowest BCUT2D eigenvalue weighted by molar-refractivity contribution is 0.339. The van der Waals surface area contributed by atoms with Crippen molar-refractivity contribution in [2.75, 3.05) is 24.5 Å². The van der Waals surface area contributed by atoms with Crippen molar-refractivity contribution in [2.24, 2.45) is 5.92 Å². The fourth-order valence-electron chi connectivity index (χ4n) is 4.58. The second kappa shape index (κ2) is 5.64. The Balaban J connectivity index is 1.57. The summed E-state index contributed by atoms with van der Waals surface area (Å²) < 4.78 is 2.51. The number of hydrogen-bond donors (Lipinski definition) is 1. The minimum absolute atomic E-state index is 0.686. The molecule has 1 saturated carbocycles. The molecule has 1 N–H and O–H groups in total. The Hall–Kier alpha value is -1.03. The molecule has 0 aromatic carbocycles. The summed E-state index contributed by atoms with van der Waals surface area (Å²) in [6.07, 6.45) is 11.9. The second-order valence-corrected chi connectivity index (χ2v) is 7.25. The van der Waals surface area contributed by atoms with Crippen LogP contribution in [0.3, 0.4) is 0 Å². The van der Waals surface area contributed by atoms with E-state index in [0.29, 0.717) is 12.1 Å². The zero-order chi connectivity index (χ0) is 14.2. The Bertz CT molecular complexity index is 475. The predicted molar refractivity (Wildman–Crippen MR) is 85.8 cm³/mol. The van der Waals surface area contributed by atoms with Gasteiger partial charge in [0.05, 0.1) is 5.69 Å². The van der Waals surface area contributed by atoms with E-state index in [4.69, 9.17) is 4.98 Å². The number of imidazole rings is 1. The SMILES string of the molecule is Cc1cn(C2CCCCC2)c(N2CC3CCCNC3C2)n1. The van der Waals surface area contributed by atoms with Crippen molar-refractivity contribution in [3.63, 3.8) is 0 Å². The monoisotopic (exact) mass is 288 g/mol. The first kappa shape index (κ1) is 13.6. The summed E-state index contributed by atoms with van der Waals surface area (Å²) in [5, 5.41) is 3.71. The quantitative estimate of drug-likeness (QED) is 0.908. The molecule has 0 bridgehead atoms. The van der Waals surface area contributed by atoms with Crippen LogP contribution in [0.4, 0.5) is 5.95 Å². The molecule has 2 saturated heterocycles. The van der Waals surface area contributed by atoms with Crippen LogP contribution in [0.2, 0.25) is 0 Å². The molecule has 4 rings (SSSR count). The van der Waals surface area contributed by atoms with Gasteiger partial charge >= 0.3 is 0 Å². The van der Waals surface area contributed by atoms with Crippen LogP contribution in [0, 0.1) is 12.8 Å². The first-order valence-corrected chi connectivity index (χ1v) is 8.85. The molecule has 1 aromatic rings. The molecule has 1 aliphatic carbocycles. The van der Waals surface area contributed by atoms with Crippen LogP contribution >= 0.6 is 0 Å². The lowest BCUT2D eigenvalue weighted by atomic mass is 9.94. The second-order valence-electron chi connectivity index (χ2n) is 7.25. The number of anilines is 1. The maximum absolute atomic E-state index is 4.89. The molecule has 3 heterocycles. The zero-order valence-electron chi connectivity index (χ0n) is 13.2. The van der Waals surface area contributed by atoms with E-state index < -0.39 is 0 Å². The summed E-state index contributed by atoms with van der Waals surface area (Å²) in [7, 11) is 0. The third kappa shape index (κ3) is 2.59. The topological polar surface area (TPSA) is 33.1 Å². The van der Waals surface area contributed by atoms with Gasteiger partial charge in [-0.15, -0.1) is 0 Å². The van der Waals surface area contributed by atoms with Crippen LogP contribution in [0.25, 0.3) is 0 Å². The van der Waals surface area contributed by atoms with E-state index in [1.54, 1.807) is 0 Å². The van der Waals surface area contributed by atoms with Crippen LogP contribution in [0.5, 0.6) is 0 Å². The Kier molecular flexibility index (Phi) is 3.66. The van der Waals surface area contributed by atoms with Crippen molar-refractivity contribution < 1.29 is 0 Å². The van der Waals surface area contributed by atoms with Gasteiger partial charge in [0, 0.05) is 31.4 Å². The number of aromatic nitrogens is 2. The molecule has 3 aliphatic rings. The molecular formula is C17H28N4. The summed E-state index contributed by atoms with van der Waals surface area (Å²) in [5.74, 6) is 2.08. The van der Waals surface area contributed by atoms with Gasteiger partial charge in [-0.2, -0.15) is 0 Å². The Morgan fingerprint density at radius 1 is 1.10 bits per heavy atom. The molecule has 116 valence electrons. The van der Waals surface area contributed by atoms with E-state index in [2.05, 4.69) is 27.9 Å². The highest BCUT2D eigenvalue weighted by molar-refractivity contribution is 5.37. The number of piperidine rings is 1. The lowest BCUT2D eigenvalue weighted by Crippen LogP contribution is -2.40. The normalized spacial score (nSPS) is 30.6. The summed E-state index contributed by atoms with van der Waals surface area (Å²) in [4.78, 5) is 7.44. The van der Waals surface area contributed by atoms with Crippen molar-refractivity contribution >= 4 is 5.95 Å². The summed E-state index contributed by atoms with van der Waals surface area (Å²) in [5.41, 5.74) is 1.18. The Morgan fingerprint density at radius 3 is 2.76 bits per heavy atom. The zero-order valence-corrected chi connectivity index (χ0v) is 13.2. The van der Waals surface area contributed by atoms with Crippen molar-refractivity contribution in [3.8, 4) is 0 Å². The van der Waals surface area contributed by atoms with Crippen LogP contribution in [0.1, 0.15) is 56.7 Å². The largest absolute Gasteiger partial charge is 0.340 e. The third-order valence-corrected chi connectivity index (χ3v) is 5.68. The maximum atomic E-state index is 4.89. The molecule has 21 heavy (non-hydrogen) atoms. The lowest BCUT2D eigenvalue weighted by Gasteiger charge is -2.27. The van der Waals surface area contributed by atoms with Gasteiger partial charge in [-0.05, 0) is 45.1 Å². The third-order valence-electron chi connectivity index (χ3n) is 5.68. The minimum Gasteiger partial charge on any atom is -0.340 e. The molecule has 1 aromatic heterocycles. The summed E-state index contributed by atoms with van der Waals surface area (Å²) in [6, 6.07) is 1.38. The molecule has 2 aliphatic heterocycles. The fraction of sp³-hybridized carbons (Fsp3) is 0.824.